The zero-order chi connectivity index (χ0) is 19.3. The summed E-state index contributed by atoms with van der Waals surface area (Å²) in [6, 6.07) is 5.04. The Morgan fingerprint density at radius 2 is 1.77 bits per heavy atom. The molecule has 142 valence electrons. The first-order chi connectivity index (χ1) is 12.3. The van der Waals surface area contributed by atoms with Gasteiger partial charge in [0.05, 0.1) is 5.56 Å². The lowest BCUT2D eigenvalue weighted by atomic mass is 10.0. The summed E-state index contributed by atoms with van der Waals surface area (Å²) in [5, 5.41) is 2.78. The third-order valence-corrected chi connectivity index (χ3v) is 4.09. The van der Waals surface area contributed by atoms with Crippen molar-refractivity contribution >= 4 is 23.5 Å². The number of benzene rings is 1. The number of nitrogens with one attached hydrogen (secondary N) is 1. The van der Waals surface area contributed by atoms with Crippen LogP contribution in [0.4, 0.5) is 5.69 Å². The summed E-state index contributed by atoms with van der Waals surface area (Å²) in [6.45, 7) is 9.25. The highest BCUT2D eigenvalue weighted by atomic mass is 16.5. The van der Waals surface area contributed by atoms with Crippen molar-refractivity contribution in [2.45, 2.75) is 40.5 Å². The molecule has 2 rings (SSSR count). The molecule has 0 saturated heterocycles. The average molecular weight is 360 g/mol. The number of carbonyl (C=O) groups is 3. The highest BCUT2D eigenvalue weighted by Gasteiger charge is 2.20. The molecule has 0 fully saturated rings. The van der Waals surface area contributed by atoms with Gasteiger partial charge in [-0.3, -0.25) is 9.59 Å². The van der Waals surface area contributed by atoms with Crippen molar-refractivity contribution in [2.75, 3.05) is 25.0 Å². The van der Waals surface area contributed by atoms with E-state index in [0.717, 1.165) is 11.3 Å². The van der Waals surface area contributed by atoms with Crippen LogP contribution in [0, 0.1) is 11.8 Å². The minimum Gasteiger partial charge on any atom is -0.452 e. The number of amides is 2. The largest absolute Gasteiger partial charge is 0.452 e. The van der Waals surface area contributed by atoms with Gasteiger partial charge < -0.3 is 15.0 Å². The molecule has 0 atom stereocenters. The molecule has 26 heavy (non-hydrogen) atoms. The molecule has 2 amide bonds. The SMILES string of the molecule is CC(C)CN(CC(C)C)C(=O)COC(=O)c1ccc2c(c1)CCC(=O)N2. The summed E-state index contributed by atoms with van der Waals surface area (Å²) in [7, 11) is 0. The predicted octanol–water partition coefficient (Wildman–Crippen LogP) is 2.87. The lowest BCUT2D eigenvalue weighted by Gasteiger charge is -2.26. The van der Waals surface area contributed by atoms with Gasteiger partial charge in [-0.05, 0) is 42.0 Å². The van der Waals surface area contributed by atoms with Gasteiger partial charge in [0.15, 0.2) is 6.61 Å². The maximum absolute atomic E-state index is 12.4. The van der Waals surface area contributed by atoms with Gasteiger partial charge in [0.1, 0.15) is 0 Å². The van der Waals surface area contributed by atoms with Gasteiger partial charge in [-0.25, -0.2) is 4.79 Å². The fraction of sp³-hybridized carbons (Fsp3) is 0.550. The summed E-state index contributed by atoms with van der Waals surface area (Å²) in [5.41, 5.74) is 2.03. The summed E-state index contributed by atoms with van der Waals surface area (Å²) >= 11 is 0. The molecule has 1 N–H and O–H groups in total. The van der Waals surface area contributed by atoms with E-state index >= 15 is 0 Å². The summed E-state index contributed by atoms with van der Waals surface area (Å²) in [6.07, 6.45) is 1.00. The van der Waals surface area contributed by atoms with Crippen LogP contribution in [0.25, 0.3) is 0 Å². The van der Waals surface area contributed by atoms with E-state index in [2.05, 4.69) is 33.0 Å². The minimum absolute atomic E-state index is 0.0196. The van der Waals surface area contributed by atoms with E-state index in [1.165, 1.54) is 0 Å². The number of ether oxygens (including phenoxy) is 1. The third-order valence-electron chi connectivity index (χ3n) is 4.09. The predicted molar refractivity (Wildman–Crippen MR) is 99.9 cm³/mol. The van der Waals surface area contributed by atoms with Crippen molar-refractivity contribution in [1.82, 2.24) is 4.90 Å². The Bertz CT molecular complexity index is 672. The number of rotatable bonds is 7. The van der Waals surface area contributed by atoms with Crippen LogP contribution in [0.5, 0.6) is 0 Å². The van der Waals surface area contributed by atoms with Crippen LogP contribution >= 0.6 is 0 Å². The van der Waals surface area contributed by atoms with E-state index in [1.54, 1.807) is 23.1 Å². The first-order valence-corrected chi connectivity index (χ1v) is 9.14. The number of hydrogen-bond donors (Lipinski definition) is 1. The lowest BCUT2D eigenvalue weighted by Crippen LogP contribution is -2.39. The lowest BCUT2D eigenvalue weighted by molar-refractivity contribution is -0.135. The highest BCUT2D eigenvalue weighted by molar-refractivity contribution is 5.96. The molecule has 0 bridgehead atoms. The standard InChI is InChI=1S/C20H28N2O4/c1-13(2)10-22(11-14(3)4)19(24)12-26-20(25)16-5-7-17-15(9-16)6-8-18(23)21-17/h5,7,9,13-14H,6,8,10-12H2,1-4H3,(H,21,23). The molecule has 1 aromatic carbocycles. The fourth-order valence-corrected chi connectivity index (χ4v) is 2.97. The molecule has 1 heterocycles. The number of hydrogen-bond acceptors (Lipinski definition) is 4. The number of anilines is 1. The zero-order valence-corrected chi connectivity index (χ0v) is 16.0. The van der Waals surface area contributed by atoms with Gasteiger partial charge in [0.25, 0.3) is 5.91 Å². The van der Waals surface area contributed by atoms with Crippen molar-refractivity contribution < 1.29 is 19.1 Å². The van der Waals surface area contributed by atoms with Crippen LogP contribution < -0.4 is 5.32 Å². The molecule has 6 heteroatoms. The topological polar surface area (TPSA) is 75.7 Å². The molecule has 0 radical (unpaired) electrons. The van der Waals surface area contributed by atoms with Crippen LogP contribution in [0.2, 0.25) is 0 Å². The molecule has 0 unspecified atom stereocenters. The number of aryl methyl sites for hydroxylation is 1. The van der Waals surface area contributed by atoms with Gasteiger partial charge in [-0.1, -0.05) is 27.7 Å². The molecular weight excluding hydrogens is 332 g/mol. The minimum atomic E-state index is -0.521. The molecule has 1 aliphatic heterocycles. The van der Waals surface area contributed by atoms with Crippen LogP contribution in [0.1, 0.15) is 50.0 Å². The number of fused-ring (bicyclic) bond motifs is 1. The van der Waals surface area contributed by atoms with Crippen LogP contribution in [-0.4, -0.2) is 42.4 Å². The normalized spacial score (nSPS) is 13.4. The first kappa shape index (κ1) is 19.9. The molecule has 0 aliphatic carbocycles. The van der Waals surface area contributed by atoms with Crippen LogP contribution in [-0.2, 0) is 20.7 Å². The van der Waals surface area contributed by atoms with Crippen LogP contribution in [0.15, 0.2) is 18.2 Å². The maximum Gasteiger partial charge on any atom is 0.338 e. The van der Waals surface area contributed by atoms with Gasteiger partial charge in [-0.2, -0.15) is 0 Å². The Kier molecular flexibility index (Phi) is 6.77. The molecular formula is C20H28N2O4. The van der Waals surface area contributed by atoms with Crippen molar-refractivity contribution in [2.24, 2.45) is 11.8 Å². The monoisotopic (exact) mass is 360 g/mol. The molecule has 6 nitrogen and oxygen atoms in total. The van der Waals surface area contributed by atoms with E-state index in [1.807, 2.05) is 0 Å². The molecule has 0 spiro atoms. The molecule has 0 saturated carbocycles. The second kappa shape index (κ2) is 8.83. The zero-order valence-electron chi connectivity index (χ0n) is 16.0. The Hall–Kier alpha value is -2.37. The van der Waals surface area contributed by atoms with E-state index in [9.17, 15) is 14.4 Å². The third kappa shape index (κ3) is 5.58. The van der Waals surface area contributed by atoms with E-state index in [-0.39, 0.29) is 18.4 Å². The van der Waals surface area contributed by atoms with Crippen molar-refractivity contribution in [3.8, 4) is 0 Å². The van der Waals surface area contributed by atoms with E-state index in [0.29, 0.717) is 43.3 Å². The van der Waals surface area contributed by atoms with E-state index < -0.39 is 5.97 Å². The second-order valence-corrected chi connectivity index (χ2v) is 7.58. The Morgan fingerprint density at radius 1 is 1.12 bits per heavy atom. The average Bonchev–Trinajstić information content (AvgIpc) is 2.57. The summed E-state index contributed by atoms with van der Waals surface area (Å²) in [5.74, 6) is -0.0135. The number of esters is 1. The smallest absolute Gasteiger partial charge is 0.338 e. The van der Waals surface area contributed by atoms with E-state index in [4.69, 9.17) is 4.74 Å². The fourth-order valence-electron chi connectivity index (χ4n) is 2.97. The Balaban J connectivity index is 1.96. The van der Waals surface area contributed by atoms with Gasteiger partial charge >= 0.3 is 5.97 Å². The van der Waals surface area contributed by atoms with Crippen LogP contribution in [0.3, 0.4) is 0 Å². The molecule has 1 aromatic rings. The summed E-state index contributed by atoms with van der Waals surface area (Å²) in [4.78, 5) is 37.9. The first-order valence-electron chi connectivity index (χ1n) is 9.14. The van der Waals surface area contributed by atoms with Crippen molar-refractivity contribution in [3.05, 3.63) is 29.3 Å². The quantitative estimate of drug-likeness (QED) is 0.759. The summed E-state index contributed by atoms with van der Waals surface area (Å²) < 4.78 is 5.23. The Labute approximate surface area is 154 Å². The molecule has 0 aromatic heterocycles. The van der Waals surface area contributed by atoms with Gasteiger partial charge in [0.2, 0.25) is 5.91 Å². The Morgan fingerprint density at radius 3 is 2.38 bits per heavy atom. The highest BCUT2D eigenvalue weighted by Crippen LogP contribution is 2.23. The van der Waals surface area contributed by atoms with Crippen molar-refractivity contribution in [3.63, 3.8) is 0 Å². The van der Waals surface area contributed by atoms with Gasteiger partial charge in [-0.15, -0.1) is 0 Å². The maximum atomic E-state index is 12.4. The van der Waals surface area contributed by atoms with Crippen molar-refractivity contribution in [1.29, 1.82) is 0 Å². The number of nitrogens with zero attached hydrogens (tertiary/aromatic N) is 1. The molecule has 1 aliphatic rings. The van der Waals surface area contributed by atoms with Gasteiger partial charge in [0, 0.05) is 25.2 Å². The second-order valence-electron chi connectivity index (χ2n) is 7.58. The number of carbonyl (C=O) groups excluding carboxylic acids is 3.